The number of amides is 2. The van der Waals surface area contributed by atoms with Crippen LogP contribution in [0.1, 0.15) is 71.1 Å². The number of unbranched alkanes of at least 4 members (excludes halogenated alkanes) is 2. The molecule has 1 spiro atoms. The minimum Gasteiger partial charge on any atom is -0.465 e. The van der Waals surface area contributed by atoms with Crippen molar-refractivity contribution in [3.63, 3.8) is 0 Å². The number of ether oxygens (including phenoxy) is 1. The Kier molecular flexibility index (Phi) is 8.55. The van der Waals surface area contributed by atoms with Gasteiger partial charge in [-0.3, -0.25) is 14.4 Å². The van der Waals surface area contributed by atoms with E-state index < -0.39 is 27.4 Å². The second-order valence-corrected chi connectivity index (χ2v) is 12.9. The van der Waals surface area contributed by atoms with E-state index >= 15 is 0 Å². The summed E-state index contributed by atoms with van der Waals surface area (Å²) in [5.41, 5.74) is 0. The second kappa shape index (κ2) is 11.3. The summed E-state index contributed by atoms with van der Waals surface area (Å²) in [6, 6.07) is -0.539. The highest BCUT2D eigenvalue weighted by Crippen LogP contribution is 2.71. The molecule has 1 N–H and O–H groups in total. The molecule has 4 aliphatic rings. The largest absolute Gasteiger partial charge is 0.465 e. The Hall–Kier alpha value is -1.80. The van der Waals surface area contributed by atoms with E-state index in [9.17, 15) is 19.5 Å². The number of aliphatic hydroxyl groups excluding tert-OH is 1. The molecule has 200 valence electrons. The van der Waals surface area contributed by atoms with Crippen molar-refractivity contribution in [2.45, 2.75) is 92.7 Å². The Labute approximate surface area is 219 Å². The lowest BCUT2D eigenvalue weighted by Crippen LogP contribution is -2.57. The summed E-state index contributed by atoms with van der Waals surface area (Å²) < 4.78 is 4.60. The van der Waals surface area contributed by atoms with Crippen molar-refractivity contribution in [2.75, 3.05) is 26.3 Å². The van der Waals surface area contributed by atoms with Crippen molar-refractivity contribution in [1.29, 1.82) is 0 Å². The van der Waals surface area contributed by atoms with Crippen LogP contribution >= 0.6 is 11.8 Å². The predicted octanol–water partition coefficient (Wildman–Crippen LogP) is 3.71. The van der Waals surface area contributed by atoms with E-state index in [0.717, 1.165) is 51.4 Å². The highest BCUT2D eigenvalue weighted by atomic mass is 32.2. The highest BCUT2D eigenvalue weighted by molar-refractivity contribution is 8.02. The molecule has 2 amide bonds. The van der Waals surface area contributed by atoms with Gasteiger partial charge in [-0.2, -0.15) is 0 Å². The predicted molar refractivity (Wildman–Crippen MR) is 141 cm³/mol. The number of nitrogens with zero attached hydrogens (tertiary/aromatic N) is 2. The third-order valence-corrected chi connectivity index (χ3v) is 10.8. The Morgan fingerprint density at radius 2 is 1.94 bits per heavy atom. The van der Waals surface area contributed by atoms with Crippen LogP contribution in [0.25, 0.3) is 0 Å². The van der Waals surface area contributed by atoms with Crippen LogP contribution in [0.3, 0.4) is 0 Å². The second-order valence-electron chi connectivity index (χ2n) is 11.0. The van der Waals surface area contributed by atoms with Crippen molar-refractivity contribution in [2.24, 2.45) is 11.8 Å². The van der Waals surface area contributed by atoms with Crippen molar-refractivity contribution in [1.82, 2.24) is 9.80 Å². The number of fused-ring (bicyclic) bond motifs is 1. The summed E-state index contributed by atoms with van der Waals surface area (Å²) in [5, 5.41) is 9.84. The number of β-amino-alcohol motifs (C(OH)–C–C–N with tert-alkyl or cyclic N) is 1. The van der Waals surface area contributed by atoms with Gasteiger partial charge in [0, 0.05) is 23.9 Å². The molecule has 1 aliphatic carbocycles. The molecule has 2 bridgehead atoms. The number of aliphatic hydroxyl groups is 1. The zero-order valence-electron chi connectivity index (χ0n) is 21.7. The summed E-state index contributed by atoms with van der Waals surface area (Å²) in [4.78, 5) is 45.1. The molecule has 0 aromatic carbocycles. The molecular formula is C28H42N2O5S. The van der Waals surface area contributed by atoms with Gasteiger partial charge in [0.2, 0.25) is 11.8 Å². The number of allylic oxidation sites excluding steroid dienone is 1. The van der Waals surface area contributed by atoms with Crippen LogP contribution < -0.4 is 0 Å². The van der Waals surface area contributed by atoms with Gasteiger partial charge in [0.1, 0.15) is 6.04 Å². The molecule has 2 unspecified atom stereocenters. The van der Waals surface area contributed by atoms with E-state index in [2.05, 4.69) is 20.1 Å². The van der Waals surface area contributed by atoms with Gasteiger partial charge in [0.05, 0.1) is 29.8 Å². The van der Waals surface area contributed by atoms with Crippen LogP contribution in [-0.4, -0.2) is 80.6 Å². The van der Waals surface area contributed by atoms with Gasteiger partial charge in [0.15, 0.2) is 0 Å². The molecule has 4 rings (SSSR count). The Bertz CT molecular complexity index is 874. The summed E-state index contributed by atoms with van der Waals surface area (Å²) in [6.45, 7) is 10.3. The molecule has 1 saturated carbocycles. The standard InChI is InChI=1S/C28H42N2O5S/c1-4-6-7-11-19-35-26(34)22-21-24(32)30(17-18-31)23(28(21)15-14-27(22,3)36-28)25(33)29(16-5-2)20-12-9-8-10-13-20/h4-5,20-23,31H,1-2,6-19H2,3H3/t21-,22-,23?,27+,28?/m0/s1. The van der Waals surface area contributed by atoms with Crippen LogP contribution in [0, 0.1) is 11.8 Å². The van der Waals surface area contributed by atoms with Gasteiger partial charge in [-0.1, -0.05) is 31.4 Å². The summed E-state index contributed by atoms with van der Waals surface area (Å²) >= 11 is 1.66. The fourth-order valence-electron chi connectivity index (χ4n) is 7.17. The van der Waals surface area contributed by atoms with Gasteiger partial charge < -0.3 is 19.6 Å². The lowest BCUT2D eigenvalue weighted by atomic mass is 9.66. The van der Waals surface area contributed by atoms with Crippen LogP contribution in [0.4, 0.5) is 0 Å². The topological polar surface area (TPSA) is 87.1 Å². The Morgan fingerprint density at radius 3 is 2.61 bits per heavy atom. The zero-order chi connectivity index (χ0) is 25.9. The van der Waals surface area contributed by atoms with E-state index in [1.807, 2.05) is 11.0 Å². The maximum Gasteiger partial charge on any atom is 0.311 e. The molecule has 0 aromatic rings. The molecule has 0 aromatic heterocycles. The number of esters is 1. The first-order chi connectivity index (χ1) is 17.3. The van der Waals surface area contributed by atoms with Crippen LogP contribution in [0.15, 0.2) is 25.3 Å². The lowest BCUT2D eigenvalue weighted by molar-refractivity contribution is -0.155. The fourth-order valence-corrected chi connectivity index (χ4v) is 9.51. The van der Waals surface area contributed by atoms with Crippen molar-refractivity contribution in [3.8, 4) is 0 Å². The zero-order valence-corrected chi connectivity index (χ0v) is 22.5. The highest BCUT2D eigenvalue weighted by Gasteiger charge is 2.77. The summed E-state index contributed by atoms with van der Waals surface area (Å²) in [5.74, 6) is -1.74. The molecular weight excluding hydrogens is 476 g/mol. The number of hydrogen-bond donors (Lipinski definition) is 1. The minimum atomic E-state index is -0.679. The van der Waals surface area contributed by atoms with Gasteiger partial charge in [-0.25, -0.2) is 0 Å². The first kappa shape index (κ1) is 27.2. The van der Waals surface area contributed by atoms with Crippen molar-refractivity contribution < 1.29 is 24.2 Å². The van der Waals surface area contributed by atoms with Crippen LogP contribution in [0.2, 0.25) is 0 Å². The minimum absolute atomic E-state index is 0.0544. The fraction of sp³-hybridized carbons (Fsp3) is 0.750. The number of carbonyl (C=O) groups is 3. The van der Waals surface area contributed by atoms with E-state index in [4.69, 9.17) is 4.74 Å². The van der Waals surface area contributed by atoms with Crippen LogP contribution in [0.5, 0.6) is 0 Å². The molecule has 3 saturated heterocycles. The van der Waals surface area contributed by atoms with E-state index in [-0.39, 0.29) is 37.0 Å². The van der Waals surface area contributed by atoms with Gasteiger partial charge >= 0.3 is 5.97 Å². The Morgan fingerprint density at radius 1 is 1.19 bits per heavy atom. The summed E-state index contributed by atoms with van der Waals surface area (Å²) in [7, 11) is 0. The van der Waals surface area contributed by atoms with Crippen LogP contribution in [-0.2, 0) is 19.1 Å². The van der Waals surface area contributed by atoms with Gasteiger partial charge in [-0.15, -0.1) is 24.9 Å². The number of rotatable bonds is 12. The first-order valence-electron chi connectivity index (χ1n) is 13.6. The third kappa shape index (κ3) is 4.64. The normalized spacial score (nSPS) is 33.4. The monoisotopic (exact) mass is 518 g/mol. The smallest absolute Gasteiger partial charge is 0.311 e. The number of carbonyl (C=O) groups excluding carboxylic acids is 3. The maximum absolute atomic E-state index is 14.3. The number of hydrogen-bond acceptors (Lipinski definition) is 6. The van der Waals surface area contributed by atoms with Gasteiger partial charge in [-0.05, 0) is 51.9 Å². The number of thioether (sulfide) groups is 1. The molecule has 0 radical (unpaired) electrons. The lowest BCUT2D eigenvalue weighted by Gasteiger charge is -2.41. The molecule has 5 atom stereocenters. The molecule has 4 fully saturated rings. The first-order valence-corrected chi connectivity index (χ1v) is 14.5. The Balaban J connectivity index is 1.62. The average molecular weight is 519 g/mol. The molecule has 36 heavy (non-hydrogen) atoms. The SMILES string of the molecule is C=CCCCCOC(=O)[C@@H]1[C@H]2C(=O)N(CCO)C(C(=O)N(CC=C)C3CCCCC3)C23CC[C@@]1(C)S3. The third-order valence-electron chi connectivity index (χ3n) is 8.78. The molecule has 8 heteroatoms. The van der Waals surface area contributed by atoms with E-state index in [1.165, 1.54) is 6.42 Å². The van der Waals surface area contributed by atoms with E-state index in [1.54, 1.807) is 22.7 Å². The van der Waals surface area contributed by atoms with Crippen molar-refractivity contribution >= 4 is 29.5 Å². The van der Waals surface area contributed by atoms with Gasteiger partial charge in [0.25, 0.3) is 0 Å². The average Bonchev–Trinajstić information content (AvgIpc) is 3.43. The molecule has 7 nitrogen and oxygen atoms in total. The quantitative estimate of drug-likeness (QED) is 0.241. The van der Waals surface area contributed by atoms with E-state index in [0.29, 0.717) is 19.6 Å². The molecule has 3 heterocycles. The maximum atomic E-state index is 14.3. The summed E-state index contributed by atoms with van der Waals surface area (Å²) in [6.07, 6.45) is 12.9. The molecule has 3 aliphatic heterocycles. The number of likely N-dealkylation sites (tertiary alicyclic amines) is 1. The van der Waals surface area contributed by atoms with Crippen molar-refractivity contribution in [3.05, 3.63) is 25.3 Å².